The average molecular weight is 413 g/mol. The number of Topliss-reactive ketones (excluding diaryl/α,β-unsaturated/α-hetero) is 1. The Balaban J connectivity index is 1.66. The van der Waals surface area contributed by atoms with Crippen LogP contribution in [0.25, 0.3) is 0 Å². The summed E-state index contributed by atoms with van der Waals surface area (Å²) in [6.45, 7) is 4.42. The van der Waals surface area contributed by atoms with Crippen LogP contribution < -0.4 is 5.73 Å². The lowest BCUT2D eigenvalue weighted by Crippen LogP contribution is -2.43. The third kappa shape index (κ3) is 4.44. The third-order valence-electron chi connectivity index (χ3n) is 6.50. The number of rotatable bonds is 6. The first-order chi connectivity index (χ1) is 15.0. The van der Waals surface area contributed by atoms with Crippen molar-refractivity contribution in [2.24, 2.45) is 5.73 Å². The molecule has 0 aliphatic carbocycles. The molecular formula is C27H28N2O2. The lowest BCUT2D eigenvalue weighted by atomic mass is 9.67. The Morgan fingerprint density at radius 3 is 2.13 bits per heavy atom. The Morgan fingerprint density at radius 2 is 1.52 bits per heavy atom. The van der Waals surface area contributed by atoms with Gasteiger partial charge < -0.3 is 5.73 Å². The van der Waals surface area contributed by atoms with Crippen LogP contribution in [0.4, 0.5) is 0 Å². The molecule has 0 saturated carbocycles. The number of amides is 1. The van der Waals surface area contributed by atoms with Crippen molar-refractivity contribution in [3.63, 3.8) is 0 Å². The van der Waals surface area contributed by atoms with E-state index in [1.165, 1.54) is 11.1 Å². The second kappa shape index (κ2) is 8.86. The van der Waals surface area contributed by atoms with Gasteiger partial charge in [-0.2, -0.15) is 0 Å². The quantitative estimate of drug-likeness (QED) is 0.603. The van der Waals surface area contributed by atoms with Crippen molar-refractivity contribution in [1.29, 1.82) is 0 Å². The number of benzene rings is 3. The Hall–Kier alpha value is -3.24. The average Bonchev–Trinajstić information content (AvgIpc) is 2.80. The van der Waals surface area contributed by atoms with E-state index in [1.807, 2.05) is 30.3 Å². The zero-order valence-electron chi connectivity index (χ0n) is 17.9. The highest BCUT2D eigenvalue weighted by Crippen LogP contribution is 2.42. The number of nitrogens with zero attached hydrogens (tertiary/aromatic N) is 1. The summed E-state index contributed by atoms with van der Waals surface area (Å²) < 4.78 is 0. The third-order valence-corrected chi connectivity index (χ3v) is 6.50. The van der Waals surface area contributed by atoms with Crippen LogP contribution in [0.1, 0.15) is 57.2 Å². The van der Waals surface area contributed by atoms with Gasteiger partial charge in [-0.3, -0.25) is 14.5 Å². The van der Waals surface area contributed by atoms with Crippen molar-refractivity contribution in [3.05, 3.63) is 107 Å². The number of hydrogen-bond donors (Lipinski definition) is 1. The van der Waals surface area contributed by atoms with Crippen molar-refractivity contribution < 1.29 is 9.59 Å². The van der Waals surface area contributed by atoms with E-state index >= 15 is 0 Å². The standard InChI is InChI=1S/C27H28N2O2/c1-20(30)22-10-12-24(13-11-22)27(25-9-5-8-23(18-25)26(28)31)14-16-29(17-15-27)19-21-6-3-2-4-7-21/h2-13,18H,14-17,19H2,1H3,(H2,28,31). The van der Waals surface area contributed by atoms with Crippen LogP contribution in [-0.4, -0.2) is 29.7 Å². The second-order valence-electron chi connectivity index (χ2n) is 8.42. The number of piperidine rings is 1. The van der Waals surface area contributed by atoms with Crippen molar-refractivity contribution in [2.75, 3.05) is 13.1 Å². The minimum absolute atomic E-state index is 0.0639. The minimum Gasteiger partial charge on any atom is -0.366 e. The number of carbonyl (C=O) groups excluding carboxylic acids is 2. The molecule has 0 atom stereocenters. The molecule has 158 valence electrons. The minimum atomic E-state index is -0.412. The summed E-state index contributed by atoms with van der Waals surface area (Å²) >= 11 is 0. The molecule has 31 heavy (non-hydrogen) atoms. The maximum atomic E-state index is 11.8. The molecule has 1 saturated heterocycles. The normalized spacial score (nSPS) is 16.0. The van der Waals surface area contributed by atoms with Gasteiger partial charge in [0.05, 0.1) is 0 Å². The monoisotopic (exact) mass is 412 g/mol. The van der Waals surface area contributed by atoms with E-state index in [9.17, 15) is 9.59 Å². The molecule has 4 nitrogen and oxygen atoms in total. The van der Waals surface area contributed by atoms with Crippen molar-refractivity contribution in [3.8, 4) is 0 Å². The van der Waals surface area contributed by atoms with Crippen LogP contribution in [0.5, 0.6) is 0 Å². The molecule has 4 rings (SSSR count). The first-order valence-electron chi connectivity index (χ1n) is 10.8. The van der Waals surface area contributed by atoms with Gasteiger partial charge in [-0.05, 0) is 61.7 Å². The van der Waals surface area contributed by atoms with Gasteiger partial charge in [0.2, 0.25) is 5.91 Å². The van der Waals surface area contributed by atoms with E-state index in [4.69, 9.17) is 5.73 Å². The Bertz CT molecular complexity index is 1070. The van der Waals surface area contributed by atoms with E-state index < -0.39 is 5.91 Å². The Kier molecular flexibility index (Phi) is 6.01. The van der Waals surface area contributed by atoms with E-state index in [2.05, 4.69) is 47.4 Å². The molecular weight excluding hydrogens is 384 g/mol. The summed E-state index contributed by atoms with van der Waals surface area (Å²) in [7, 11) is 0. The van der Waals surface area contributed by atoms with Crippen LogP contribution >= 0.6 is 0 Å². The molecule has 0 unspecified atom stereocenters. The molecule has 3 aromatic carbocycles. The van der Waals surface area contributed by atoms with Gasteiger partial charge in [0, 0.05) is 23.1 Å². The summed E-state index contributed by atoms with van der Waals surface area (Å²) in [6.07, 6.45) is 1.86. The van der Waals surface area contributed by atoms with Crippen LogP contribution in [0, 0.1) is 0 Å². The molecule has 0 radical (unpaired) electrons. The molecule has 1 aliphatic rings. The number of nitrogens with two attached hydrogens (primary N) is 1. The fraction of sp³-hybridized carbons (Fsp3) is 0.259. The predicted molar refractivity (Wildman–Crippen MR) is 123 cm³/mol. The van der Waals surface area contributed by atoms with Crippen LogP contribution in [0.3, 0.4) is 0 Å². The number of hydrogen-bond acceptors (Lipinski definition) is 3. The molecule has 2 N–H and O–H groups in total. The summed E-state index contributed by atoms with van der Waals surface area (Å²) in [5, 5.41) is 0. The number of carbonyl (C=O) groups is 2. The first kappa shape index (κ1) is 21.0. The summed E-state index contributed by atoms with van der Waals surface area (Å²) in [4.78, 5) is 26.1. The van der Waals surface area contributed by atoms with Crippen LogP contribution in [-0.2, 0) is 12.0 Å². The topological polar surface area (TPSA) is 63.4 Å². The van der Waals surface area contributed by atoms with E-state index in [0.717, 1.165) is 38.0 Å². The molecule has 3 aromatic rings. The van der Waals surface area contributed by atoms with Gasteiger partial charge in [0.15, 0.2) is 5.78 Å². The molecule has 1 fully saturated rings. The van der Waals surface area contributed by atoms with Crippen molar-refractivity contribution >= 4 is 11.7 Å². The van der Waals surface area contributed by atoms with Crippen LogP contribution in [0.15, 0.2) is 78.9 Å². The number of ketones is 1. The lowest BCUT2D eigenvalue weighted by Gasteiger charge is -2.43. The van der Waals surface area contributed by atoms with Gasteiger partial charge in [0.1, 0.15) is 0 Å². The van der Waals surface area contributed by atoms with Gasteiger partial charge in [-0.15, -0.1) is 0 Å². The maximum Gasteiger partial charge on any atom is 0.248 e. The fourth-order valence-electron chi connectivity index (χ4n) is 4.67. The SMILES string of the molecule is CC(=O)c1ccc(C2(c3cccc(C(N)=O)c3)CCN(Cc3ccccc3)CC2)cc1. The summed E-state index contributed by atoms with van der Waals surface area (Å²) in [5.41, 5.74) is 10.2. The molecule has 4 heteroatoms. The predicted octanol–water partition coefficient (Wildman–Crippen LogP) is 4.57. The number of primary amides is 1. The zero-order valence-corrected chi connectivity index (χ0v) is 17.9. The summed E-state index contributed by atoms with van der Waals surface area (Å²) in [5.74, 6) is -0.348. The molecule has 0 bridgehead atoms. The molecule has 1 heterocycles. The molecule has 0 spiro atoms. The van der Waals surface area contributed by atoms with Crippen molar-refractivity contribution in [1.82, 2.24) is 4.90 Å². The highest BCUT2D eigenvalue weighted by molar-refractivity contribution is 5.94. The lowest BCUT2D eigenvalue weighted by molar-refractivity contribution is 0.0995. The number of likely N-dealkylation sites (tertiary alicyclic amines) is 1. The van der Waals surface area contributed by atoms with E-state index in [0.29, 0.717) is 11.1 Å². The molecule has 0 aromatic heterocycles. The highest BCUT2D eigenvalue weighted by Gasteiger charge is 2.38. The maximum absolute atomic E-state index is 11.8. The molecule has 1 amide bonds. The van der Waals surface area contributed by atoms with Gasteiger partial charge in [-0.25, -0.2) is 0 Å². The van der Waals surface area contributed by atoms with E-state index in [1.54, 1.807) is 13.0 Å². The first-order valence-corrected chi connectivity index (χ1v) is 10.8. The van der Waals surface area contributed by atoms with Crippen molar-refractivity contribution in [2.45, 2.75) is 31.7 Å². The Morgan fingerprint density at radius 1 is 0.839 bits per heavy atom. The largest absolute Gasteiger partial charge is 0.366 e. The second-order valence-corrected chi connectivity index (χ2v) is 8.42. The highest BCUT2D eigenvalue weighted by atomic mass is 16.1. The fourth-order valence-corrected chi connectivity index (χ4v) is 4.67. The zero-order chi connectivity index (χ0) is 21.8. The van der Waals surface area contributed by atoms with Gasteiger partial charge >= 0.3 is 0 Å². The smallest absolute Gasteiger partial charge is 0.248 e. The molecule has 1 aliphatic heterocycles. The van der Waals surface area contributed by atoms with Gasteiger partial charge in [0.25, 0.3) is 0 Å². The summed E-state index contributed by atoms with van der Waals surface area (Å²) in [6, 6.07) is 26.2. The van der Waals surface area contributed by atoms with E-state index in [-0.39, 0.29) is 11.2 Å². The van der Waals surface area contributed by atoms with Crippen LogP contribution in [0.2, 0.25) is 0 Å². The Labute approximate surface area is 183 Å². The van der Waals surface area contributed by atoms with Gasteiger partial charge in [-0.1, -0.05) is 66.7 Å².